The molecule has 0 aliphatic rings. The van der Waals surface area contributed by atoms with Crippen LogP contribution in [0.3, 0.4) is 0 Å². The van der Waals surface area contributed by atoms with Gasteiger partial charge in [0.1, 0.15) is 0 Å². The van der Waals surface area contributed by atoms with Crippen LogP contribution in [0.1, 0.15) is 42.9 Å². The van der Waals surface area contributed by atoms with Gasteiger partial charge in [0.05, 0.1) is 6.10 Å². The standard InChI is InChI=1S/C14H22O/c1-4-14(15)7-5-6-13-9-8-11(2)12(3)10-13/h8-10,14-15H,4-7H2,1-3H3. The van der Waals surface area contributed by atoms with Gasteiger partial charge in [-0.05, 0) is 56.2 Å². The maximum absolute atomic E-state index is 9.43. The van der Waals surface area contributed by atoms with Gasteiger partial charge in [0.25, 0.3) is 0 Å². The smallest absolute Gasteiger partial charge is 0.0537 e. The van der Waals surface area contributed by atoms with Crippen molar-refractivity contribution < 1.29 is 5.11 Å². The van der Waals surface area contributed by atoms with Crippen molar-refractivity contribution >= 4 is 0 Å². The summed E-state index contributed by atoms with van der Waals surface area (Å²) in [7, 11) is 0. The van der Waals surface area contributed by atoms with Gasteiger partial charge in [0, 0.05) is 0 Å². The predicted molar refractivity (Wildman–Crippen MR) is 65.2 cm³/mol. The molecule has 1 aromatic rings. The van der Waals surface area contributed by atoms with Crippen LogP contribution < -0.4 is 0 Å². The van der Waals surface area contributed by atoms with Crippen LogP contribution in [0.2, 0.25) is 0 Å². The molecular weight excluding hydrogens is 184 g/mol. The van der Waals surface area contributed by atoms with Gasteiger partial charge >= 0.3 is 0 Å². The van der Waals surface area contributed by atoms with Gasteiger partial charge < -0.3 is 5.11 Å². The summed E-state index contributed by atoms with van der Waals surface area (Å²) >= 11 is 0. The lowest BCUT2D eigenvalue weighted by molar-refractivity contribution is 0.158. The zero-order valence-electron chi connectivity index (χ0n) is 10.1. The molecule has 0 spiro atoms. The molecule has 1 atom stereocenters. The fourth-order valence-electron chi connectivity index (χ4n) is 1.70. The molecule has 15 heavy (non-hydrogen) atoms. The van der Waals surface area contributed by atoms with E-state index < -0.39 is 0 Å². The molecule has 1 nitrogen and oxygen atoms in total. The number of hydrogen-bond acceptors (Lipinski definition) is 1. The topological polar surface area (TPSA) is 20.2 Å². The summed E-state index contributed by atoms with van der Waals surface area (Å²) in [6.07, 6.45) is 3.84. The molecule has 0 fully saturated rings. The molecule has 84 valence electrons. The Kier molecular flexibility index (Phi) is 4.83. The van der Waals surface area contributed by atoms with Gasteiger partial charge in [-0.3, -0.25) is 0 Å². The van der Waals surface area contributed by atoms with Crippen molar-refractivity contribution in [3.05, 3.63) is 34.9 Å². The van der Waals surface area contributed by atoms with Gasteiger partial charge in [-0.1, -0.05) is 25.1 Å². The van der Waals surface area contributed by atoms with Crippen LogP contribution in [-0.4, -0.2) is 11.2 Å². The molecule has 0 bridgehead atoms. The molecular formula is C14H22O. The normalized spacial score (nSPS) is 12.8. The number of hydrogen-bond donors (Lipinski definition) is 1. The van der Waals surface area contributed by atoms with Crippen molar-refractivity contribution in [3.63, 3.8) is 0 Å². The van der Waals surface area contributed by atoms with E-state index in [-0.39, 0.29) is 6.10 Å². The average Bonchev–Trinajstić information content (AvgIpc) is 2.23. The first-order chi connectivity index (χ1) is 7.13. The Morgan fingerprint density at radius 1 is 1.20 bits per heavy atom. The van der Waals surface area contributed by atoms with E-state index in [1.165, 1.54) is 16.7 Å². The fourth-order valence-corrected chi connectivity index (χ4v) is 1.70. The highest BCUT2D eigenvalue weighted by Gasteiger charge is 2.01. The largest absolute Gasteiger partial charge is 0.393 e. The molecule has 1 heteroatoms. The first-order valence-corrected chi connectivity index (χ1v) is 5.87. The number of rotatable bonds is 5. The lowest BCUT2D eigenvalue weighted by Crippen LogP contribution is -2.04. The summed E-state index contributed by atoms with van der Waals surface area (Å²) in [5, 5.41) is 9.43. The minimum absolute atomic E-state index is 0.114. The summed E-state index contributed by atoms with van der Waals surface area (Å²) in [6, 6.07) is 6.63. The Morgan fingerprint density at radius 2 is 1.93 bits per heavy atom. The van der Waals surface area contributed by atoms with E-state index in [1.54, 1.807) is 0 Å². The maximum Gasteiger partial charge on any atom is 0.0537 e. The predicted octanol–water partition coefficient (Wildman–Crippen LogP) is 3.40. The van der Waals surface area contributed by atoms with Gasteiger partial charge in [-0.25, -0.2) is 0 Å². The molecule has 1 unspecified atom stereocenters. The van der Waals surface area contributed by atoms with Crippen LogP contribution in [0, 0.1) is 13.8 Å². The number of aliphatic hydroxyl groups excluding tert-OH is 1. The van der Waals surface area contributed by atoms with Gasteiger partial charge in [0.15, 0.2) is 0 Å². The van der Waals surface area contributed by atoms with E-state index in [9.17, 15) is 5.11 Å². The monoisotopic (exact) mass is 206 g/mol. The molecule has 0 heterocycles. The van der Waals surface area contributed by atoms with Crippen molar-refractivity contribution in [1.29, 1.82) is 0 Å². The fraction of sp³-hybridized carbons (Fsp3) is 0.571. The SMILES string of the molecule is CCC(O)CCCc1ccc(C)c(C)c1. The Hall–Kier alpha value is -0.820. The van der Waals surface area contributed by atoms with Crippen LogP contribution in [0.15, 0.2) is 18.2 Å². The summed E-state index contributed by atoms with van der Waals surface area (Å²) in [6.45, 7) is 6.32. The molecule has 0 saturated carbocycles. The number of benzene rings is 1. The lowest BCUT2D eigenvalue weighted by Gasteiger charge is -2.08. The molecule has 0 saturated heterocycles. The zero-order valence-corrected chi connectivity index (χ0v) is 10.1. The van der Waals surface area contributed by atoms with E-state index in [1.807, 2.05) is 6.92 Å². The third-order valence-corrected chi connectivity index (χ3v) is 3.05. The third kappa shape index (κ3) is 4.05. The van der Waals surface area contributed by atoms with E-state index >= 15 is 0 Å². The molecule has 0 amide bonds. The second-order valence-electron chi connectivity index (χ2n) is 4.37. The van der Waals surface area contributed by atoms with Crippen molar-refractivity contribution in [2.45, 2.75) is 52.6 Å². The summed E-state index contributed by atoms with van der Waals surface area (Å²) < 4.78 is 0. The highest BCUT2D eigenvalue weighted by molar-refractivity contribution is 5.29. The van der Waals surface area contributed by atoms with Crippen molar-refractivity contribution in [2.75, 3.05) is 0 Å². The molecule has 1 rings (SSSR count). The quantitative estimate of drug-likeness (QED) is 0.783. The second-order valence-corrected chi connectivity index (χ2v) is 4.37. The summed E-state index contributed by atoms with van der Waals surface area (Å²) in [5.41, 5.74) is 4.11. The Morgan fingerprint density at radius 3 is 2.53 bits per heavy atom. The van der Waals surface area contributed by atoms with Crippen LogP contribution in [0.25, 0.3) is 0 Å². The summed E-state index contributed by atoms with van der Waals surface area (Å²) in [4.78, 5) is 0. The first-order valence-electron chi connectivity index (χ1n) is 5.87. The van der Waals surface area contributed by atoms with Gasteiger partial charge in [0.2, 0.25) is 0 Å². The minimum Gasteiger partial charge on any atom is -0.393 e. The first kappa shape index (κ1) is 12.3. The Bertz CT molecular complexity index is 304. The van der Waals surface area contributed by atoms with Crippen molar-refractivity contribution in [3.8, 4) is 0 Å². The van der Waals surface area contributed by atoms with Crippen molar-refractivity contribution in [2.24, 2.45) is 0 Å². The Labute approximate surface area is 93.1 Å². The molecule has 0 aromatic heterocycles. The molecule has 0 aliphatic heterocycles. The van der Waals surface area contributed by atoms with E-state index in [2.05, 4.69) is 32.0 Å². The highest BCUT2D eigenvalue weighted by atomic mass is 16.3. The highest BCUT2D eigenvalue weighted by Crippen LogP contribution is 2.13. The molecule has 1 N–H and O–H groups in total. The van der Waals surface area contributed by atoms with Crippen LogP contribution in [-0.2, 0) is 6.42 Å². The zero-order chi connectivity index (χ0) is 11.3. The minimum atomic E-state index is -0.114. The summed E-state index contributed by atoms with van der Waals surface area (Å²) in [5.74, 6) is 0. The van der Waals surface area contributed by atoms with Crippen LogP contribution in [0.5, 0.6) is 0 Å². The van der Waals surface area contributed by atoms with Crippen LogP contribution >= 0.6 is 0 Å². The molecule has 1 aromatic carbocycles. The maximum atomic E-state index is 9.43. The number of aryl methyl sites for hydroxylation is 3. The van der Waals surface area contributed by atoms with Crippen molar-refractivity contribution in [1.82, 2.24) is 0 Å². The second kappa shape index (κ2) is 5.92. The van der Waals surface area contributed by atoms with Gasteiger partial charge in [-0.2, -0.15) is 0 Å². The third-order valence-electron chi connectivity index (χ3n) is 3.05. The van der Waals surface area contributed by atoms with Crippen LogP contribution in [0.4, 0.5) is 0 Å². The lowest BCUT2D eigenvalue weighted by atomic mass is 10.0. The van der Waals surface area contributed by atoms with E-state index in [0.717, 1.165) is 25.7 Å². The van der Waals surface area contributed by atoms with E-state index in [4.69, 9.17) is 0 Å². The average molecular weight is 206 g/mol. The molecule has 0 radical (unpaired) electrons. The molecule has 0 aliphatic carbocycles. The van der Waals surface area contributed by atoms with E-state index in [0.29, 0.717) is 0 Å². The number of aliphatic hydroxyl groups is 1. The Balaban J connectivity index is 2.41. The van der Waals surface area contributed by atoms with Gasteiger partial charge in [-0.15, -0.1) is 0 Å².